The summed E-state index contributed by atoms with van der Waals surface area (Å²) < 4.78 is 37.2. The Kier molecular flexibility index (Phi) is 7.98. The number of nitrogens with zero attached hydrogens (tertiary/aromatic N) is 1. The summed E-state index contributed by atoms with van der Waals surface area (Å²) in [5.74, 6) is 0.271. The number of methoxy groups -OCH3 is 1. The van der Waals surface area contributed by atoms with Crippen LogP contribution in [0, 0.1) is 5.82 Å². The standard InChI is InChI=1S/C31H29ClFNO6/c1-4-6-7-14-39-25-11-8-18(15-26(25)38-5-2)28-27-29(35)21-16-19(33)9-12-23(21)40-30(27)31(36)34(28)20-10-13-24(37-3)22(32)17-20/h8-13,15-17,28H,4-7,14H2,1-3H3. The van der Waals surface area contributed by atoms with Gasteiger partial charge in [-0.15, -0.1) is 0 Å². The molecule has 0 aliphatic carbocycles. The minimum atomic E-state index is -0.899. The zero-order valence-corrected chi connectivity index (χ0v) is 23.2. The van der Waals surface area contributed by atoms with Crippen molar-refractivity contribution < 1.29 is 27.8 Å². The van der Waals surface area contributed by atoms with Crippen molar-refractivity contribution >= 4 is 34.2 Å². The second-order valence-corrected chi connectivity index (χ2v) is 9.81. The summed E-state index contributed by atoms with van der Waals surface area (Å²) >= 11 is 6.43. The molecule has 1 unspecified atom stereocenters. The number of carbonyl (C=O) groups excluding carboxylic acids is 1. The van der Waals surface area contributed by atoms with E-state index in [1.165, 1.54) is 24.1 Å². The van der Waals surface area contributed by atoms with Gasteiger partial charge in [-0.25, -0.2) is 4.39 Å². The van der Waals surface area contributed by atoms with E-state index < -0.39 is 23.2 Å². The van der Waals surface area contributed by atoms with Crippen LogP contribution in [0.25, 0.3) is 11.0 Å². The third kappa shape index (κ3) is 4.99. The molecular weight excluding hydrogens is 537 g/mol. The predicted molar refractivity (Wildman–Crippen MR) is 152 cm³/mol. The zero-order valence-electron chi connectivity index (χ0n) is 22.5. The van der Waals surface area contributed by atoms with Crippen LogP contribution in [0.15, 0.2) is 63.8 Å². The number of benzene rings is 3. The normalized spacial score (nSPS) is 14.5. The fourth-order valence-electron chi connectivity index (χ4n) is 4.95. The summed E-state index contributed by atoms with van der Waals surface area (Å²) in [5, 5.41) is 0.340. The van der Waals surface area contributed by atoms with E-state index in [-0.39, 0.29) is 22.3 Å². The Morgan fingerprint density at radius 3 is 2.48 bits per heavy atom. The molecule has 1 aliphatic heterocycles. The number of fused-ring (bicyclic) bond motifs is 2. The van der Waals surface area contributed by atoms with Crippen LogP contribution in [0.2, 0.25) is 5.02 Å². The van der Waals surface area contributed by atoms with Crippen LogP contribution in [-0.2, 0) is 0 Å². The minimum absolute atomic E-state index is 0.0482. The second kappa shape index (κ2) is 11.6. The van der Waals surface area contributed by atoms with Gasteiger partial charge in [-0.2, -0.15) is 0 Å². The van der Waals surface area contributed by atoms with Gasteiger partial charge in [0.2, 0.25) is 5.76 Å². The van der Waals surface area contributed by atoms with Gasteiger partial charge in [0.15, 0.2) is 16.9 Å². The molecule has 0 fully saturated rings. The first kappa shape index (κ1) is 27.5. The van der Waals surface area contributed by atoms with Crippen LogP contribution in [0.1, 0.15) is 60.8 Å². The summed E-state index contributed by atoms with van der Waals surface area (Å²) in [6.07, 6.45) is 3.03. The number of ether oxygens (including phenoxy) is 3. The third-order valence-electron chi connectivity index (χ3n) is 6.83. The predicted octanol–water partition coefficient (Wildman–Crippen LogP) is 7.31. The molecule has 1 aromatic heterocycles. The Labute approximate surface area is 236 Å². The number of halogens is 2. The third-order valence-corrected chi connectivity index (χ3v) is 7.13. The lowest BCUT2D eigenvalue weighted by molar-refractivity contribution is 0.0971. The van der Waals surface area contributed by atoms with Crippen molar-refractivity contribution in [3.05, 3.63) is 92.5 Å². The van der Waals surface area contributed by atoms with E-state index in [0.29, 0.717) is 46.7 Å². The van der Waals surface area contributed by atoms with Crippen molar-refractivity contribution in [2.24, 2.45) is 0 Å². The van der Waals surface area contributed by atoms with Crippen LogP contribution in [0.4, 0.5) is 10.1 Å². The van der Waals surface area contributed by atoms with Gasteiger partial charge in [0, 0.05) is 5.69 Å². The summed E-state index contributed by atoms with van der Waals surface area (Å²) in [6, 6.07) is 13.0. The molecule has 3 aromatic carbocycles. The maximum atomic E-state index is 14.1. The molecule has 1 aliphatic rings. The molecule has 1 atom stereocenters. The number of hydrogen-bond donors (Lipinski definition) is 0. The fraction of sp³-hybridized carbons (Fsp3) is 0.290. The first-order valence-electron chi connectivity index (χ1n) is 13.2. The Morgan fingerprint density at radius 1 is 0.950 bits per heavy atom. The minimum Gasteiger partial charge on any atom is -0.495 e. The van der Waals surface area contributed by atoms with Crippen molar-refractivity contribution in [2.45, 2.75) is 39.2 Å². The highest BCUT2D eigenvalue weighted by molar-refractivity contribution is 6.32. The molecule has 4 aromatic rings. The van der Waals surface area contributed by atoms with Crippen molar-refractivity contribution in [3.8, 4) is 17.2 Å². The topological polar surface area (TPSA) is 78.2 Å². The molecule has 5 rings (SSSR count). The van der Waals surface area contributed by atoms with E-state index in [9.17, 15) is 14.0 Å². The zero-order chi connectivity index (χ0) is 28.4. The van der Waals surface area contributed by atoms with Crippen molar-refractivity contribution in [2.75, 3.05) is 25.2 Å². The van der Waals surface area contributed by atoms with Crippen LogP contribution < -0.4 is 24.5 Å². The number of amides is 1. The summed E-state index contributed by atoms with van der Waals surface area (Å²) in [7, 11) is 1.50. The first-order valence-corrected chi connectivity index (χ1v) is 13.6. The van der Waals surface area contributed by atoms with Gasteiger partial charge in [0.1, 0.15) is 17.1 Å². The molecule has 0 bridgehead atoms. The van der Waals surface area contributed by atoms with E-state index in [2.05, 4.69) is 6.92 Å². The SMILES string of the molecule is CCCCCOc1ccc(C2c3c(oc4ccc(F)cc4c3=O)C(=O)N2c2ccc(OC)c(Cl)c2)cc1OCC. The van der Waals surface area contributed by atoms with E-state index in [4.69, 9.17) is 30.2 Å². The Hall–Kier alpha value is -4.04. The number of hydrogen-bond acceptors (Lipinski definition) is 6. The molecule has 1 amide bonds. The summed E-state index contributed by atoms with van der Waals surface area (Å²) in [5.41, 5.74) is 0.756. The number of unbranched alkanes of at least 4 members (excludes halogenated alkanes) is 2. The van der Waals surface area contributed by atoms with Gasteiger partial charge >= 0.3 is 0 Å². The van der Waals surface area contributed by atoms with Gasteiger partial charge in [-0.05, 0) is 67.4 Å². The number of rotatable bonds is 10. The van der Waals surface area contributed by atoms with E-state index >= 15 is 0 Å². The fourth-order valence-corrected chi connectivity index (χ4v) is 5.20. The molecule has 0 spiro atoms. The molecule has 40 heavy (non-hydrogen) atoms. The second-order valence-electron chi connectivity index (χ2n) is 9.41. The maximum absolute atomic E-state index is 14.1. The Bertz CT molecular complexity index is 1630. The van der Waals surface area contributed by atoms with Crippen molar-refractivity contribution in [3.63, 3.8) is 0 Å². The molecule has 0 radical (unpaired) electrons. The van der Waals surface area contributed by atoms with Gasteiger partial charge in [0.25, 0.3) is 5.91 Å². The Balaban J connectivity index is 1.69. The first-order chi connectivity index (χ1) is 19.4. The molecule has 0 saturated heterocycles. The number of carbonyl (C=O) groups is 1. The smallest absolute Gasteiger partial charge is 0.295 e. The highest BCUT2D eigenvalue weighted by atomic mass is 35.5. The Morgan fingerprint density at radius 2 is 1.75 bits per heavy atom. The van der Waals surface area contributed by atoms with Gasteiger partial charge < -0.3 is 18.6 Å². The monoisotopic (exact) mass is 565 g/mol. The maximum Gasteiger partial charge on any atom is 0.295 e. The summed E-state index contributed by atoms with van der Waals surface area (Å²) in [4.78, 5) is 29.1. The quantitative estimate of drug-likeness (QED) is 0.188. The number of anilines is 1. The van der Waals surface area contributed by atoms with Crippen LogP contribution in [-0.4, -0.2) is 26.2 Å². The van der Waals surface area contributed by atoms with Crippen molar-refractivity contribution in [1.29, 1.82) is 0 Å². The average Bonchev–Trinajstić information content (AvgIpc) is 3.24. The van der Waals surface area contributed by atoms with Gasteiger partial charge in [-0.1, -0.05) is 37.4 Å². The molecule has 0 saturated carbocycles. The van der Waals surface area contributed by atoms with Crippen LogP contribution in [0.5, 0.6) is 17.2 Å². The molecule has 208 valence electrons. The van der Waals surface area contributed by atoms with Crippen LogP contribution in [0.3, 0.4) is 0 Å². The highest BCUT2D eigenvalue weighted by Crippen LogP contribution is 2.44. The van der Waals surface area contributed by atoms with Crippen molar-refractivity contribution in [1.82, 2.24) is 0 Å². The lowest BCUT2D eigenvalue weighted by Gasteiger charge is -2.26. The molecular formula is C31H29ClFNO6. The van der Waals surface area contributed by atoms with E-state index in [1.54, 1.807) is 36.4 Å². The molecule has 7 nitrogen and oxygen atoms in total. The van der Waals surface area contributed by atoms with Gasteiger partial charge in [0.05, 0.1) is 42.3 Å². The van der Waals surface area contributed by atoms with E-state index in [0.717, 1.165) is 25.3 Å². The lowest BCUT2D eigenvalue weighted by Crippen LogP contribution is -2.29. The van der Waals surface area contributed by atoms with Crippen LogP contribution >= 0.6 is 11.6 Å². The summed E-state index contributed by atoms with van der Waals surface area (Å²) in [6.45, 7) is 4.91. The molecule has 9 heteroatoms. The lowest BCUT2D eigenvalue weighted by atomic mass is 9.97. The highest BCUT2D eigenvalue weighted by Gasteiger charge is 2.44. The van der Waals surface area contributed by atoms with Gasteiger partial charge in [-0.3, -0.25) is 14.5 Å². The average molecular weight is 566 g/mol. The molecule has 0 N–H and O–H groups in total. The largest absolute Gasteiger partial charge is 0.495 e. The molecule has 2 heterocycles. The van der Waals surface area contributed by atoms with E-state index in [1.807, 2.05) is 6.92 Å².